The Labute approximate surface area is 111 Å². The second-order valence-electron chi connectivity index (χ2n) is 3.80. The summed E-state index contributed by atoms with van der Waals surface area (Å²) in [5, 5.41) is 8.70. The van der Waals surface area contributed by atoms with Crippen molar-refractivity contribution in [2.75, 3.05) is 11.4 Å². The maximum atomic E-state index is 12.3. The van der Waals surface area contributed by atoms with Crippen LogP contribution in [0.5, 0.6) is 0 Å². The van der Waals surface area contributed by atoms with E-state index in [4.69, 9.17) is 5.26 Å². The van der Waals surface area contributed by atoms with E-state index >= 15 is 0 Å². The number of nitriles is 1. The molecular formula is C13H11N3O2S. The Bertz CT molecular complexity index is 704. The summed E-state index contributed by atoms with van der Waals surface area (Å²) >= 11 is 0. The van der Waals surface area contributed by atoms with Gasteiger partial charge in [0.2, 0.25) is 0 Å². The molecule has 0 saturated heterocycles. The summed E-state index contributed by atoms with van der Waals surface area (Å²) in [4.78, 5) is 4.12. The van der Waals surface area contributed by atoms with Crippen LogP contribution in [0.1, 0.15) is 5.56 Å². The molecule has 96 valence electrons. The Hall–Kier alpha value is -2.39. The molecule has 0 fully saturated rings. The molecule has 0 N–H and O–H groups in total. The van der Waals surface area contributed by atoms with E-state index in [2.05, 4.69) is 4.98 Å². The van der Waals surface area contributed by atoms with Gasteiger partial charge in [0.1, 0.15) is 5.82 Å². The first-order valence-electron chi connectivity index (χ1n) is 5.46. The molecule has 1 aromatic carbocycles. The minimum Gasteiger partial charge on any atom is -0.253 e. The normalized spacial score (nSPS) is 10.7. The van der Waals surface area contributed by atoms with E-state index in [0.29, 0.717) is 11.4 Å². The lowest BCUT2D eigenvalue weighted by Gasteiger charge is -2.18. The van der Waals surface area contributed by atoms with Gasteiger partial charge in [-0.1, -0.05) is 6.07 Å². The highest BCUT2D eigenvalue weighted by molar-refractivity contribution is 7.92. The van der Waals surface area contributed by atoms with Gasteiger partial charge in [0, 0.05) is 13.2 Å². The lowest BCUT2D eigenvalue weighted by molar-refractivity contribution is 0.594. The molecule has 19 heavy (non-hydrogen) atoms. The number of anilines is 1. The van der Waals surface area contributed by atoms with E-state index in [0.717, 1.165) is 4.31 Å². The fourth-order valence-electron chi connectivity index (χ4n) is 1.52. The Kier molecular flexibility index (Phi) is 3.49. The van der Waals surface area contributed by atoms with Crippen LogP contribution in [0.4, 0.5) is 5.82 Å². The smallest absolute Gasteiger partial charge is 0.253 e. The van der Waals surface area contributed by atoms with Gasteiger partial charge in [0.05, 0.1) is 16.5 Å². The molecule has 0 aliphatic rings. The van der Waals surface area contributed by atoms with Crippen LogP contribution in [0.15, 0.2) is 53.6 Å². The lowest BCUT2D eigenvalue weighted by Crippen LogP contribution is -2.27. The Morgan fingerprint density at radius 1 is 1.16 bits per heavy atom. The van der Waals surface area contributed by atoms with Crippen LogP contribution < -0.4 is 4.31 Å². The van der Waals surface area contributed by atoms with Crippen LogP contribution in [-0.4, -0.2) is 20.4 Å². The quantitative estimate of drug-likeness (QED) is 0.854. The minimum absolute atomic E-state index is 0.125. The molecule has 2 aromatic rings. The molecule has 0 bridgehead atoms. The fraction of sp³-hybridized carbons (Fsp3) is 0.0769. The zero-order chi connectivity index (χ0) is 13.9. The molecule has 1 aromatic heterocycles. The van der Waals surface area contributed by atoms with Gasteiger partial charge >= 0.3 is 0 Å². The van der Waals surface area contributed by atoms with E-state index in [1.54, 1.807) is 18.2 Å². The van der Waals surface area contributed by atoms with Crippen molar-refractivity contribution >= 4 is 15.8 Å². The average Bonchev–Trinajstić information content (AvgIpc) is 2.47. The molecule has 0 saturated carbocycles. The molecule has 0 amide bonds. The SMILES string of the molecule is CN(c1ccccn1)S(=O)(=O)c1ccc(C#N)cc1. The first kappa shape index (κ1) is 13.1. The van der Waals surface area contributed by atoms with Crippen molar-refractivity contribution in [3.63, 3.8) is 0 Å². The van der Waals surface area contributed by atoms with Crippen molar-refractivity contribution in [1.29, 1.82) is 5.26 Å². The molecule has 1 heterocycles. The fourth-order valence-corrected chi connectivity index (χ4v) is 2.67. The van der Waals surface area contributed by atoms with E-state index in [1.807, 2.05) is 6.07 Å². The number of aromatic nitrogens is 1. The summed E-state index contributed by atoms with van der Waals surface area (Å²) in [6.45, 7) is 0. The van der Waals surface area contributed by atoms with E-state index in [1.165, 1.54) is 37.5 Å². The largest absolute Gasteiger partial charge is 0.265 e. The summed E-state index contributed by atoms with van der Waals surface area (Å²) in [6, 6.07) is 12.8. The predicted octanol–water partition coefficient (Wildman–Crippen LogP) is 1.78. The highest BCUT2D eigenvalue weighted by Gasteiger charge is 2.21. The number of benzene rings is 1. The molecule has 0 aliphatic heterocycles. The average molecular weight is 273 g/mol. The molecule has 5 nitrogen and oxygen atoms in total. The monoisotopic (exact) mass is 273 g/mol. The predicted molar refractivity (Wildman–Crippen MR) is 71.0 cm³/mol. The van der Waals surface area contributed by atoms with Crippen LogP contribution in [0, 0.1) is 11.3 Å². The first-order valence-corrected chi connectivity index (χ1v) is 6.90. The van der Waals surface area contributed by atoms with Crippen molar-refractivity contribution in [2.24, 2.45) is 0 Å². The van der Waals surface area contributed by atoms with Crippen LogP contribution in [0.25, 0.3) is 0 Å². The summed E-state index contributed by atoms with van der Waals surface area (Å²) < 4.78 is 25.8. The van der Waals surface area contributed by atoms with Gasteiger partial charge in [-0.05, 0) is 36.4 Å². The summed E-state index contributed by atoms with van der Waals surface area (Å²) in [5.74, 6) is 0.340. The van der Waals surface area contributed by atoms with E-state index in [-0.39, 0.29) is 4.90 Å². The van der Waals surface area contributed by atoms with Gasteiger partial charge in [0.15, 0.2) is 0 Å². The second kappa shape index (κ2) is 5.08. The number of pyridine rings is 1. The summed E-state index contributed by atoms with van der Waals surface area (Å²) in [5.41, 5.74) is 0.416. The maximum Gasteiger partial charge on any atom is 0.265 e. The highest BCUT2D eigenvalue weighted by Crippen LogP contribution is 2.19. The third kappa shape index (κ3) is 2.56. The minimum atomic E-state index is -3.66. The van der Waals surface area contributed by atoms with Crippen LogP contribution in [-0.2, 0) is 10.0 Å². The lowest BCUT2D eigenvalue weighted by atomic mass is 10.2. The highest BCUT2D eigenvalue weighted by atomic mass is 32.2. The van der Waals surface area contributed by atoms with Gasteiger partial charge in [-0.25, -0.2) is 13.4 Å². The van der Waals surface area contributed by atoms with Gasteiger partial charge in [-0.3, -0.25) is 4.31 Å². The van der Waals surface area contributed by atoms with Crippen molar-refractivity contribution in [3.05, 3.63) is 54.2 Å². The van der Waals surface area contributed by atoms with Gasteiger partial charge in [-0.15, -0.1) is 0 Å². The van der Waals surface area contributed by atoms with Gasteiger partial charge in [-0.2, -0.15) is 5.26 Å². The van der Waals surface area contributed by atoms with Gasteiger partial charge in [0.25, 0.3) is 10.0 Å². The van der Waals surface area contributed by atoms with E-state index < -0.39 is 10.0 Å². The molecule has 0 aliphatic carbocycles. The van der Waals surface area contributed by atoms with Crippen LogP contribution in [0.3, 0.4) is 0 Å². The zero-order valence-corrected chi connectivity index (χ0v) is 11.0. The number of sulfonamides is 1. The van der Waals surface area contributed by atoms with E-state index in [9.17, 15) is 8.42 Å². The Morgan fingerprint density at radius 2 is 1.84 bits per heavy atom. The van der Waals surface area contributed by atoms with Crippen molar-refractivity contribution in [1.82, 2.24) is 4.98 Å². The Morgan fingerprint density at radius 3 is 2.37 bits per heavy atom. The van der Waals surface area contributed by atoms with Crippen molar-refractivity contribution in [2.45, 2.75) is 4.90 Å². The van der Waals surface area contributed by atoms with Crippen LogP contribution >= 0.6 is 0 Å². The summed E-state index contributed by atoms with van der Waals surface area (Å²) in [6.07, 6.45) is 1.53. The standard InChI is InChI=1S/C13H11N3O2S/c1-16(13-4-2-3-9-15-13)19(17,18)12-7-5-11(10-14)6-8-12/h2-9H,1H3. The second-order valence-corrected chi connectivity index (χ2v) is 5.77. The molecule has 2 rings (SSSR count). The number of hydrogen-bond acceptors (Lipinski definition) is 4. The van der Waals surface area contributed by atoms with Crippen molar-refractivity contribution < 1.29 is 8.42 Å². The number of nitrogens with zero attached hydrogens (tertiary/aromatic N) is 3. The van der Waals surface area contributed by atoms with Crippen molar-refractivity contribution in [3.8, 4) is 6.07 Å². The first-order chi connectivity index (χ1) is 9.05. The maximum absolute atomic E-state index is 12.3. The van der Waals surface area contributed by atoms with Gasteiger partial charge < -0.3 is 0 Å². The Balaban J connectivity index is 2.40. The molecule has 0 atom stereocenters. The number of hydrogen-bond donors (Lipinski definition) is 0. The topological polar surface area (TPSA) is 74.1 Å². The molecular weight excluding hydrogens is 262 g/mol. The molecule has 0 unspecified atom stereocenters. The molecule has 6 heteroatoms. The van der Waals surface area contributed by atoms with Crippen LogP contribution in [0.2, 0.25) is 0 Å². The molecule has 0 spiro atoms. The third-order valence-corrected chi connectivity index (χ3v) is 4.39. The molecule has 0 radical (unpaired) electrons. The third-order valence-electron chi connectivity index (χ3n) is 2.61. The zero-order valence-electron chi connectivity index (χ0n) is 10.2. The summed E-state index contributed by atoms with van der Waals surface area (Å²) in [7, 11) is -2.22. The number of rotatable bonds is 3.